The average Bonchev–Trinajstić information content (AvgIpc) is 3.76. The third-order valence-electron chi connectivity index (χ3n) is 7.55. The standard InChI is InChI=1S/C33H33N5O4.K.H/c1-3-7-28-35-27(4-2)30(24-16-17-29(34-18-24)41-20-22-10-11-22)32(39)38(28)19-21-12-14-23(15-13-21)25-8-5-6-9-26(25)31-36-33(40)42-37-31;;/h5-6,8-9,12-18,22H,3-4,7,10-11,19-20H2,1-2H3,(H,36,37,40);;/q;+1;-1. The van der Waals surface area contributed by atoms with Gasteiger partial charge in [0.05, 0.1) is 24.4 Å². The van der Waals surface area contributed by atoms with Crippen molar-refractivity contribution in [3.63, 3.8) is 0 Å². The molecule has 1 fully saturated rings. The van der Waals surface area contributed by atoms with Gasteiger partial charge in [-0.3, -0.25) is 18.9 Å². The van der Waals surface area contributed by atoms with Crippen molar-refractivity contribution in [3.05, 3.63) is 105 Å². The molecule has 1 N–H and O–H groups in total. The van der Waals surface area contributed by atoms with Gasteiger partial charge in [-0.15, -0.1) is 0 Å². The Labute approximate surface area is 293 Å². The number of rotatable bonds is 11. The summed E-state index contributed by atoms with van der Waals surface area (Å²) in [4.78, 5) is 37.7. The zero-order valence-electron chi connectivity index (χ0n) is 25.8. The van der Waals surface area contributed by atoms with E-state index in [0.29, 0.717) is 49.2 Å². The summed E-state index contributed by atoms with van der Waals surface area (Å²) in [5.41, 5.74) is 5.65. The third kappa shape index (κ3) is 7.16. The first-order valence-corrected chi connectivity index (χ1v) is 14.5. The van der Waals surface area contributed by atoms with E-state index >= 15 is 0 Å². The SMILES string of the molecule is CCCc1nc(CC)c(-c2ccc(OCC3CC3)nc2)c(=O)n1Cc1ccc(-c2ccccc2-c2noc(=O)[nH]2)cc1.[H-].[K+]. The Morgan fingerprint density at radius 1 is 1.00 bits per heavy atom. The number of aryl methyl sites for hydroxylation is 2. The molecule has 0 spiro atoms. The van der Waals surface area contributed by atoms with Gasteiger partial charge in [-0.25, -0.2) is 14.8 Å². The summed E-state index contributed by atoms with van der Waals surface area (Å²) in [6, 6.07) is 19.5. The van der Waals surface area contributed by atoms with E-state index in [1.807, 2.05) is 67.6 Å². The van der Waals surface area contributed by atoms with Gasteiger partial charge in [0.2, 0.25) is 5.88 Å². The molecule has 0 unspecified atom stereocenters. The van der Waals surface area contributed by atoms with Gasteiger partial charge in [-0.2, -0.15) is 0 Å². The zero-order valence-corrected chi connectivity index (χ0v) is 27.9. The van der Waals surface area contributed by atoms with E-state index in [-0.39, 0.29) is 58.4 Å². The summed E-state index contributed by atoms with van der Waals surface area (Å²) in [7, 11) is 0. The van der Waals surface area contributed by atoms with Crippen molar-refractivity contribution in [2.45, 2.75) is 52.5 Å². The van der Waals surface area contributed by atoms with E-state index in [1.165, 1.54) is 12.8 Å². The topological polar surface area (TPSA) is 116 Å². The van der Waals surface area contributed by atoms with Crippen molar-refractivity contribution in [2.24, 2.45) is 5.92 Å². The zero-order chi connectivity index (χ0) is 29.1. The van der Waals surface area contributed by atoms with Gasteiger partial charge < -0.3 is 6.16 Å². The third-order valence-corrected chi connectivity index (χ3v) is 7.55. The Morgan fingerprint density at radius 2 is 1.74 bits per heavy atom. The van der Waals surface area contributed by atoms with Gasteiger partial charge in [0.1, 0.15) is 5.82 Å². The van der Waals surface area contributed by atoms with E-state index in [4.69, 9.17) is 14.2 Å². The van der Waals surface area contributed by atoms with Crippen molar-refractivity contribution >= 4 is 0 Å². The first-order chi connectivity index (χ1) is 20.5. The molecule has 6 rings (SSSR count). The van der Waals surface area contributed by atoms with Gasteiger partial charge in [0.25, 0.3) is 5.56 Å². The van der Waals surface area contributed by atoms with E-state index in [1.54, 1.807) is 10.8 Å². The number of H-pyrrole nitrogens is 1. The predicted octanol–water partition coefficient (Wildman–Crippen LogP) is 2.78. The van der Waals surface area contributed by atoms with Crippen molar-refractivity contribution in [2.75, 3.05) is 6.61 Å². The van der Waals surface area contributed by atoms with E-state index in [0.717, 1.165) is 45.8 Å². The number of aromatic nitrogens is 5. The first-order valence-electron chi connectivity index (χ1n) is 14.5. The van der Waals surface area contributed by atoms with E-state index in [9.17, 15) is 9.59 Å². The quantitative estimate of drug-likeness (QED) is 0.231. The Kier molecular flexibility index (Phi) is 10.2. The molecule has 0 saturated heterocycles. The van der Waals surface area contributed by atoms with Crippen molar-refractivity contribution in [1.82, 2.24) is 24.7 Å². The summed E-state index contributed by atoms with van der Waals surface area (Å²) >= 11 is 0. The van der Waals surface area contributed by atoms with Crippen LogP contribution in [0.2, 0.25) is 0 Å². The molecule has 1 saturated carbocycles. The van der Waals surface area contributed by atoms with Crippen LogP contribution < -0.4 is 67.4 Å². The van der Waals surface area contributed by atoms with Crippen LogP contribution in [-0.4, -0.2) is 31.3 Å². The maximum absolute atomic E-state index is 14.1. The van der Waals surface area contributed by atoms with Gasteiger partial charge in [-0.1, -0.05) is 67.5 Å². The minimum atomic E-state index is -0.598. The van der Waals surface area contributed by atoms with Crippen molar-refractivity contribution in [3.8, 4) is 39.5 Å². The number of nitrogens with one attached hydrogen (secondary N) is 1. The minimum absolute atomic E-state index is 0. The number of benzene rings is 2. The summed E-state index contributed by atoms with van der Waals surface area (Å²) in [6.07, 6.45) is 6.38. The summed E-state index contributed by atoms with van der Waals surface area (Å²) in [6.45, 7) is 5.20. The Morgan fingerprint density at radius 3 is 2.37 bits per heavy atom. The number of nitrogens with zero attached hydrogens (tertiary/aromatic N) is 4. The summed E-state index contributed by atoms with van der Waals surface area (Å²) in [5, 5.41) is 3.85. The van der Waals surface area contributed by atoms with Crippen molar-refractivity contribution < 1.29 is 62.1 Å². The van der Waals surface area contributed by atoms with Crippen LogP contribution in [0.3, 0.4) is 0 Å². The van der Waals surface area contributed by atoms with Crippen LogP contribution in [0.25, 0.3) is 33.6 Å². The van der Waals surface area contributed by atoms with Crippen LogP contribution in [0, 0.1) is 5.92 Å². The predicted molar refractivity (Wildman–Crippen MR) is 162 cm³/mol. The molecule has 0 bridgehead atoms. The molecule has 2 aromatic carbocycles. The molecule has 3 aromatic heterocycles. The van der Waals surface area contributed by atoms with Crippen LogP contribution in [-0.2, 0) is 19.4 Å². The van der Waals surface area contributed by atoms with E-state index < -0.39 is 5.76 Å². The normalized spacial score (nSPS) is 12.6. The fraction of sp³-hybridized carbons (Fsp3) is 0.303. The Bertz CT molecular complexity index is 1810. The molecule has 10 heteroatoms. The number of aromatic amines is 1. The molecular weight excluding hydrogens is 569 g/mol. The second-order valence-electron chi connectivity index (χ2n) is 10.7. The number of hydrogen-bond donors (Lipinski definition) is 1. The molecule has 216 valence electrons. The number of ether oxygens (including phenoxy) is 1. The average molecular weight is 604 g/mol. The largest absolute Gasteiger partial charge is 1.00 e. The smallest absolute Gasteiger partial charge is 1.00 e. The van der Waals surface area contributed by atoms with Crippen LogP contribution >= 0.6 is 0 Å². The maximum Gasteiger partial charge on any atom is 1.00 e. The number of pyridine rings is 1. The Hall–Kier alpha value is -3.15. The molecule has 9 nitrogen and oxygen atoms in total. The molecule has 0 aliphatic heterocycles. The van der Waals surface area contributed by atoms with Gasteiger partial charge in [-0.05, 0) is 54.4 Å². The minimum Gasteiger partial charge on any atom is -1.00 e. The molecule has 5 aromatic rings. The molecule has 0 radical (unpaired) electrons. The fourth-order valence-corrected chi connectivity index (χ4v) is 5.13. The molecule has 0 amide bonds. The molecule has 0 atom stereocenters. The summed E-state index contributed by atoms with van der Waals surface area (Å²) in [5.74, 6) is 1.78. The second-order valence-corrected chi connectivity index (χ2v) is 10.7. The van der Waals surface area contributed by atoms with Crippen LogP contribution in [0.15, 0.2) is 81.0 Å². The van der Waals surface area contributed by atoms with Gasteiger partial charge in [0, 0.05) is 29.8 Å². The van der Waals surface area contributed by atoms with Crippen LogP contribution in [0.4, 0.5) is 0 Å². The van der Waals surface area contributed by atoms with Crippen LogP contribution in [0.5, 0.6) is 5.88 Å². The molecule has 43 heavy (non-hydrogen) atoms. The Balaban J connectivity index is 0.00000221. The maximum atomic E-state index is 14.1. The van der Waals surface area contributed by atoms with Crippen LogP contribution in [0.1, 0.15) is 51.6 Å². The molecule has 1 aliphatic carbocycles. The molecule has 1 aliphatic rings. The number of hydrogen-bond acceptors (Lipinski definition) is 7. The molecule has 3 heterocycles. The second kappa shape index (κ2) is 14.1. The molecular formula is C33H34KN5O4. The van der Waals surface area contributed by atoms with E-state index in [2.05, 4.69) is 22.0 Å². The first kappa shape index (κ1) is 31.3. The monoisotopic (exact) mass is 603 g/mol. The summed E-state index contributed by atoms with van der Waals surface area (Å²) < 4.78 is 12.3. The van der Waals surface area contributed by atoms with Gasteiger partial charge in [0.15, 0.2) is 5.82 Å². The van der Waals surface area contributed by atoms with Gasteiger partial charge >= 0.3 is 57.1 Å². The fourth-order valence-electron chi connectivity index (χ4n) is 5.13. The van der Waals surface area contributed by atoms with Crippen molar-refractivity contribution in [1.29, 1.82) is 0 Å².